The van der Waals surface area contributed by atoms with Crippen LogP contribution in [-0.2, 0) is 33.3 Å². The summed E-state index contributed by atoms with van der Waals surface area (Å²) in [7, 11) is 0. The number of aliphatic hydroxyl groups is 1. The van der Waals surface area contributed by atoms with Crippen LogP contribution in [0.4, 0.5) is 0 Å². The number of carbonyl (C=O) groups is 3. The van der Waals surface area contributed by atoms with E-state index in [9.17, 15) is 19.5 Å². The van der Waals surface area contributed by atoms with Crippen molar-refractivity contribution in [1.82, 2.24) is 0 Å². The maximum Gasteiger partial charge on any atom is 0.305 e. The number of hydrogen-bond donors (Lipinski definition) is 1. The zero-order valence-electron chi connectivity index (χ0n) is 12.4. The molecule has 1 aliphatic heterocycles. The highest BCUT2D eigenvalue weighted by molar-refractivity contribution is 5.67. The highest BCUT2D eigenvalue weighted by Gasteiger charge is 2.47. The summed E-state index contributed by atoms with van der Waals surface area (Å²) >= 11 is 0. The van der Waals surface area contributed by atoms with E-state index >= 15 is 0 Å². The van der Waals surface area contributed by atoms with Gasteiger partial charge in [-0.25, -0.2) is 0 Å². The Morgan fingerprint density at radius 1 is 1.05 bits per heavy atom. The lowest BCUT2D eigenvalue weighted by molar-refractivity contribution is -0.283. The third kappa shape index (κ3) is 4.98. The highest BCUT2D eigenvalue weighted by atomic mass is 16.7. The molecule has 0 aromatic heterocycles. The Kier molecular flexibility index (Phi) is 6.10. The Labute approximate surface area is 122 Å². The first kappa shape index (κ1) is 17.4. The van der Waals surface area contributed by atoms with Gasteiger partial charge in [0.05, 0.1) is 0 Å². The van der Waals surface area contributed by atoms with Gasteiger partial charge < -0.3 is 24.1 Å². The van der Waals surface area contributed by atoms with Crippen molar-refractivity contribution in [2.45, 2.75) is 52.3 Å². The van der Waals surface area contributed by atoms with Crippen LogP contribution in [0.3, 0.4) is 0 Å². The summed E-state index contributed by atoms with van der Waals surface area (Å²) in [5.41, 5.74) is 0. The quantitative estimate of drug-likeness (QED) is 0.560. The smallest absolute Gasteiger partial charge is 0.305 e. The van der Waals surface area contributed by atoms with Crippen molar-refractivity contribution in [3.8, 4) is 0 Å². The van der Waals surface area contributed by atoms with Crippen LogP contribution in [0.1, 0.15) is 27.7 Å². The van der Waals surface area contributed by atoms with Gasteiger partial charge in [-0.1, -0.05) is 6.92 Å². The van der Waals surface area contributed by atoms with E-state index < -0.39 is 48.4 Å². The molecule has 0 aliphatic carbocycles. The van der Waals surface area contributed by atoms with Crippen molar-refractivity contribution in [3.63, 3.8) is 0 Å². The first-order valence-electron chi connectivity index (χ1n) is 6.53. The van der Waals surface area contributed by atoms with Crippen LogP contribution in [0.5, 0.6) is 0 Å². The average Bonchev–Trinajstić information content (AvgIpc) is 2.35. The van der Waals surface area contributed by atoms with Gasteiger partial charge in [0.25, 0.3) is 0 Å². The Balaban J connectivity index is 2.84. The Hall–Kier alpha value is -1.67. The first-order chi connectivity index (χ1) is 9.72. The molecule has 0 saturated carbocycles. The van der Waals surface area contributed by atoms with E-state index in [1.165, 1.54) is 20.8 Å². The molecule has 21 heavy (non-hydrogen) atoms. The van der Waals surface area contributed by atoms with Gasteiger partial charge in [-0.2, -0.15) is 0 Å². The molecule has 8 nitrogen and oxygen atoms in total. The second-order valence-electron chi connectivity index (χ2n) is 4.88. The minimum atomic E-state index is -1.25. The largest absolute Gasteiger partial charge is 0.463 e. The summed E-state index contributed by atoms with van der Waals surface area (Å²) in [5.74, 6) is -2.26. The molecule has 0 aromatic carbocycles. The number of carbonyl (C=O) groups excluding carboxylic acids is 3. The molecule has 5 atom stereocenters. The van der Waals surface area contributed by atoms with Gasteiger partial charge in [0.1, 0.15) is 18.8 Å². The molecule has 1 heterocycles. The molecule has 1 saturated heterocycles. The van der Waals surface area contributed by atoms with Crippen LogP contribution < -0.4 is 0 Å². The second kappa shape index (κ2) is 7.37. The SMILES string of the molecule is CC(=O)OCC1OC(OC(C)=O)C(OC(C)=O)C(O)C1C. The minimum Gasteiger partial charge on any atom is -0.463 e. The lowest BCUT2D eigenvalue weighted by Gasteiger charge is -2.41. The lowest BCUT2D eigenvalue weighted by Crippen LogP contribution is -2.57. The summed E-state index contributed by atoms with van der Waals surface area (Å²) in [6.07, 6.45) is -4.18. The van der Waals surface area contributed by atoms with Gasteiger partial charge in [-0.15, -0.1) is 0 Å². The zero-order valence-corrected chi connectivity index (χ0v) is 12.4. The molecule has 1 fully saturated rings. The van der Waals surface area contributed by atoms with Gasteiger partial charge in [0.2, 0.25) is 6.29 Å². The Morgan fingerprint density at radius 2 is 1.62 bits per heavy atom. The van der Waals surface area contributed by atoms with Crippen LogP contribution in [0.25, 0.3) is 0 Å². The third-order valence-electron chi connectivity index (χ3n) is 3.07. The molecule has 0 spiro atoms. The minimum absolute atomic E-state index is 0.0991. The molecule has 1 aliphatic rings. The molecular weight excluding hydrogens is 284 g/mol. The molecule has 0 radical (unpaired) electrons. The van der Waals surface area contributed by atoms with Crippen molar-refractivity contribution < 1.29 is 38.4 Å². The third-order valence-corrected chi connectivity index (χ3v) is 3.07. The Bertz CT molecular complexity index is 405. The fourth-order valence-electron chi connectivity index (χ4n) is 2.02. The van der Waals surface area contributed by atoms with Crippen molar-refractivity contribution in [1.29, 1.82) is 0 Å². The standard InChI is InChI=1S/C13H20O8/c1-6-10(5-18-7(2)14)21-13(20-9(4)16)12(11(6)17)19-8(3)15/h6,10-13,17H,5H2,1-4H3. The van der Waals surface area contributed by atoms with E-state index in [-0.39, 0.29) is 6.61 Å². The van der Waals surface area contributed by atoms with Crippen LogP contribution in [-0.4, -0.2) is 54.2 Å². The molecular formula is C13H20O8. The van der Waals surface area contributed by atoms with Crippen molar-refractivity contribution in [2.24, 2.45) is 5.92 Å². The molecule has 0 bridgehead atoms. The molecule has 1 N–H and O–H groups in total. The Morgan fingerprint density at radius 3 is 2.10 bits per heavy atom. The zero-order chi connectivity index (χ0) is 16.2. The van der Waals surface area contributed by atoms with E-state index in [2.05, 4.69) is 0 Å². The summed E-state index contributed by atoms with van der Waals surface area (Å²) in [6.45, 7) is 5.14. The van der Waals surface area contributed by atoms with Gasteiger partial charge in [0.15, 0.2) is 6.10 Å². The van der Waals surface area contributed by atoms with Crippen LogP contribution >= 0.6 is 0 Å². The molecule has 8 heteroatoms. The highest BCUT2D eigenvalue weighted by Crippen LogP contribution is 2.29. The first-order valence-corrected chi connectivity index (χ1v) is 6.53. The fourth-order valence-corrected chi connectivity index (χ4v) is 2.02. The van der Waals surface area contributed by atoms with Crippen LogP contribution in [0, 0.1) is 5.92 Å². The van der Waals surface area contributed by atoms with E-state index in [1.54, 1.807) is 6.92 Å². The average molecular weight is 304 g/mol. The predicted octanol–water partition coefficient (Wildman–Crippen LogP) is -0.234. The van der Waals surface area contributed by atoms with Crippen molar-refractivity contribution >= 4 is 17.9 Å². The maximum absolute atomic E-state index is 11.1. The molecule has 1 rings (SSSR count). The summed E-state index contributed by atoms with van der Waals surface area (Å²) in [4.78, 5) is 33.0. The van der Waals surface area contributed by atoms with Gasteiger partial charge in [-0.05, 0) is 0 Å². The van der Waals surface area contributed by atoms with Gasteiger partial charge >= 0.3 is 17.9 Å². The molecule has 120 valence electrons. The fraction of sp³-hybridized carbons (Fsp3) is 0.769. The topological polar surface area (TPSA) is 108 Å². The van der Waals surface area contributed by atoms with E-state index in [0.717, 1.165) is 0 Å². The number of hydrogen-bond acceptors (Lipinski definition) is 8. The van der Waals surface area contributed by atoms with E-state index in [1.807, 2.05) is 0 Å². The van der Waals surface area contributed by atoms with Crippen molar-refractivity contribution in [3.05, 3.63) is 0 Å². The summed E-state index contributed by atoms with van der Waals surface area (Å²) < 4.78 is 20.2. The maximum atomic E-state index is 11.1. The van der Waals surface area contributed by atoms with Gasteiger partial charge in [-0.3, -0.25) is 14.4 Å². The van der Waals surface area contributed by atoms with Gasteiger partial charge in [0, 0.05) is 26.7 Å². The predicted molar refractivity (Wildman–Crippen MR) is 67.8 cm³/mol. The number of ether oxygens (including phenoxy) is 4. The monoisotopic (exact) mass is 304 g/mol. The van der Waals surface area contributed by atoms with Crippen LogP contribution in [0.2, 0.25) is 0 Å². The molecule has 0 amide bonds. The van der Waals surface area contributed by atoms with E-state index in [4.69, 9.17) is 18.9 Å². The lowest BCUT2D eigenvalue weighted by atomic mass is 9.91. The number of esters is 3. The molecule has 0 aromatic rings. The summed E-state index contributed by atoms with van der Waals surface area (Å²) in [6, 6.07) is 0. The second-order valence-corrected chi connectivity index (χ2v) is 4.88. The summed E-state index contributed by atoms with van der Waals surface area (Å²) in [5, 5.41) is 10.2. The number of rotatable bonds is 4. The normalized spacial score (nSPS) is 32.1. The van der Waals surface area contributed by atoms with Crippen LogP contribution in [0.15, 0.2) is 0 Å². The van der Waals surface area contributed by atoms with E-state index in [0.29, 0.717) is 0 Å². The molecule has 5 unspecified atom stereocenters. The number of aliphatic hydroxyl groups excluding tert-OH is 1. The van der Waals surface area contributed by atoms with Crippen molar-refractivity contribution in [2.75, 3.05) is 6.61 Å².